The maximum Gasteiger partial charge on any atom is 0.251 e. The van der Waals surface area contributed by atoms with E-state index < -0.39 is 0 Å². The van der Waals surface area contributed by atoms with E-state index in [4.69, 9.17) is 10.00 Å². The fourth-order valence-electron chi connectivity index (χ4n) is 1.76. The third-order valence-corrected chi connectivity index (χ3v) is 2.87. The van der Waals surface area contributed by atoms with Gasteiger partial charge in [0.1, 0.15) is 5.75 Å². The van der Waals surface area contributed by atoms with Crippen LogP contribution in [0, 0.1) is 11.3 Å². The summed E-state index contributed by atoms with van der Waals surface area (Å²) in [5.41, 5.74) is 1.94. The first-order valence-electron chi connectivity index (χ1n) is 6.14. The van der Waals surface area contributed by atoms with Crippen LogP contribution in [0.15, 0.2) is 48.5 Å². The summed E-state index contributed by atoms with van der Waals surface area (Å²) in [6.07, 6.45) is 0. The van der Waals surface area contributed by atoms with Gasteiger partial charge in [-0.05, 0) is 35.9 Å². The van der Waals surface area contributed by atoms with E-state index >= 15 is 0 Å². The van der Waals surface area contributed by atoms with E-state index in [1.165, 1.54) is 0 Å². The Kier molecular flexibility index (Phi) is 4.35. The Balaban J connectivity index is 1.99. The van der Waals surface area contributed by atoms with Crippen LogP contribution in [0.2, 0.25) is 0 Å². The topological polar surface area (TPSA) is 62.1 Å². The summed E-state index contributed by atoms with van der Waals surface area (Å²) in [4.78, 5) is 12.0. The van der Waals surface area contributed by atoms with Gasteiger partial charge in [0.05, 0.1) is 18.7 Å². The fourth-order valence-corrected chi connectivity index (χ4v) is 1.76. The minimum absolute atomic E-state index is 0.196. The standard InChI is InChI=1S/C16H14N2O2/c1-20-15-7-5-12(6-8-15)11-18-16(19)14-4-2-3-13(9-14)10-17/h2-9H,11H2,1H3,(H,18,19). The molecule has 2 aromatic rings. The highest BCUT2D eigenvalue weighted by Gasteiger charge is 2.05. The normalized spacial score (nSPS) is 9.60. The Morgan fingerprint density at radius 2 is 2.00 bits per heavy atom. The molecule has 4 nitrogen and oxygen atoms in total. The van der Waals surface area contributed by atoms with Crippen molar-refractivity contribution < 1.29 is 9.53 Å². The lowest BCUT2D eigenvalue weighted by Gasteiger charge is -2.06. The number of benzene rings is 2. The van der Waals surface area contributed by atoms with Crippen molar-refractivity contribution >= 4 is 5.91 Å². The molecule has 0 aliphatic carbocycles. The molecule has 20 heavy (non-hydrogen) atoms. The first-order valence-corrected chi connectivity index (χ1v) is 6.14. The second kappa shape index (κ2) is 6.39. The number of nitrogens with zero attached hydrogens (tertiary/aromatic N) is 1. The highest BCUT2D eigenvalue weighted by molar-refractivity contribution is 5.94. The summed E-state index contributed by atoms with van der Waals surface area (Å²) in [7, 11) is 1.61. The molecule has 4 heteroatoms. The van der Waals surface area contributed by atoms with E-state index in [1.807, 2.05) is 30.3 Å². The second-order valence-corrected chi connectivity index (χ2v) is 4.22. The first kappa shape index (κ1) is 13.6. The molecular weight excluding hydrogens is 252 g/mol. The number of ether oxygens (including phenoxy) is 1. The van der Waals surface area contributed by atoms with E-state index in [9.17, 15) is 4.79 Å². The number of nitrogens with one attached hydrogen (secondary N) is 1. The van der Waals surface area contributed by atoms with Gasteiger partial charge in [-0.1, -0.05) is 18.2 Å². The summed E-state index contributed by atoms with van der Waals surface area (Å²) in [5.74, 6) is 0.583. The molecule has 1 N–H and O–H groups in total. The molecule has 0 aromatic heterocycles. The van der Waals surface area contributed by atoms with Gasteiger partial charge in [0.15, 0.2) is 0 Å². The largest absolute Gasteiger partial charge is 0.497 e. The van der Waals surface area contributed by atoms with Crippen molar-refractivity contribution in [1.82, 2.24) is 5.32 Å². The molecule has 0 radical (unpaired) electrons. The van der Waals surface area contributed by atoms with Gasteiger partial charge in [0, 0.05) is 12.1 Å². The SMILES string of the molecule is COc1ccc(CNC(=O)c2cccc(C#N)c2)cc1. The molecule has 1 amide bonds. The molecule has 0 saturated heterocycles. The summed E-state index contributed by atoms with van der Waals surface area (Å²) >= 11 is 0. The van der Waals surface area contributed by atoms with Crippen molar-refractivity contribution in [2.75, 3.05) is 7.11 Å². The average molecular weight is 266 g/mol. The minimum Gasteiger partial charge on any atom is -0.497 e. The van der Waals surface area contributed by atoms with Gasteiger partial charge in [0.2, 0.25) is 0 Å². The molecule has 2 aromatic carbocycles. The smallest absolute Gasteiger partial charge is 0.251 e. The molecule has 0 aliphatic heterocycles. The van der Waals surface area contributed by atoms with E-state index in [1.54, 1.807) is 31.4 Å². The maximum absolute atomic E-state index is 12.0. The summed E-state index contributed by atoms with van der Waals surface area (Å²) in [5, 5.41) is 11.6. The molecule has 0 spiro atoms. The van der Waals surface area contributed by atoms with E-state index in [0.29, 0.717) is 17.7 Å². The molecule has 0 saturated carbocycles. The molecule has 0 fully saturated rings. The number of nitriles is 1. The van der Waals surface area contributed by atoms with Crippen LogP contribution in [0.3, 0.4) is 0 Å². The predicted molar refractivity (Wildman–Crippen MR) is 75.3 cm³/mol. The van der Waals surface area contributed by atoms with Gasteiger partial charge < -0.3 is 10.1 Å². The number of hydrogen-bond acceptors (Lipinski definition) is 3. The van der Waals surface area contributed by atoms with Crippen LogP contribution in [0.5, 0.6) is 5.75 Å². The van der Waals surface area contributed by atoms with Crippen LogP contribution in [0.25, 0.3) is 0 Å². The molecule has 0 aliphatic rings. The number of hydrogen-bond donors (Lipinski definition) is 1. The zero-order valence-corrected chi connectivity index (χ0v) is 11.1. The zero-order chi connectivity index (χ0) is 14.4. The maximum atomic E-state index is 12.0. The van der Waals surface area contributed by atoms with Crippen molar-refractivity contribution in [2.45, 2.75) is 6.54 Å². The van der Waals surface area contributed by atoms with Crippen LogP contribution in [0.1, 0.15) is 21.5 Å². The number of rotatable bonds is 4. The molecule has 0 heterocycles. The Morgan fingerprint density at radius 3 is 2.65 bits per heavy atom. The van der Waals surface area contributed by atoms with Crippen molar-refractivity contribution in [3.63, 3.8) is 0 Å². The van der Waals surface area contributed by atoms with Crippen LogP contribution in [-0.4, -0.2) is 13.0 Å². The number of methoxy groups -OCH3 is 1. The number of amides is 1. The van der Waals surface area contributed by atoms with Gasteiger partial charge in [-0.3, -0.25) is 4.79 Å². The molecule has 100 valence electrons. The average Bonchev–Trinajstić information content (AvgIpc) is 2.53. The third kappa shape index (κ3) is 3.36. The zero-order valence-electron chi connectivity index (χ0n) is 11.1. The Hall–Kier alpha value is -2.80. The Morgan fingerprint density at radius 1 is 1.25 bits per heavy atom. The molecular formula is C16H14N2O2. The third-order valence-electron chi connectivity index (χ3n) is 2.87. The van der Waals surface area contributed by atoms with E-state index in [-0.39, 0.29) is 5.91 Å². The van der Waals surface area contributed by atoms with Crippen LogP contribution in [-0.2, 0) is 6.54 Å². The van der Waals surface area contributed by atoms with Gasteiger partial charge in [-0.25, -0.2) is 0 Å². The van der Waals surface area contributed by atoms with Gasteiger partial charge in [-0.15, -0.1) is 0 Å². The van der Waals surface area contributed by atoms with Gasteiger partial charge in [-0.2, -0.15) is 5.26 Å². The first-order chi connectivity index (χ1) is 9.72. The number of carbonyl (C=O) groups excluding carboxylic acids is 1. The summed E-state index contributed by atoms with van der Waals surface area (Å²) in [6.45, 7) is 0.430. The number of carbonyl (C=O) groups is 1. The quantitative estimate of drug-likeness (QED) is 0.924. The van der Waals surface area contributed by atoms with E-state index in [0.717, 1.165) is 11.3 Å². The lowest BCUT2D eigenvalue weighted by molar-refractivity contribution is 0.0951. The second-order valence-electron chi connectivity index (χ2n) is 4.22. The highest BCUT2D eigenvalue weighted by atomic mass is 16.5. The molecule has 2 rings (SSSR count). The van der Waals surface area contributed by atoms with Crippen molar-refractivity contribution in [1.29, 1.82) is 5.26 Å². The Bertz CT molecular complexity index is 642. The minimum atomic E-state index is -0.196. The predicted octanol–water partition coefficient (Wildman–Crippen LogP) is 2.50. The van der Waals surface area contributed by atoms with Gasteiger partial charge >= 0.3 is 0 Å². The van der Waals surface area contributed by atoms with Crippen LogP contribution < -0.4 is 10.1 Å². The van der Waals surface area contributed by atoms with Gasteiger partial charge in [0.25, 0.3) is 5.91 Å². The van der Waals surface area contributed by atoms with Crippen molar-refractivity contribution in [3.05, 3.63) is 65.2 Å². The fraction of sp³-hybridized carbons (Fsp3) is 0.125. The molecule has 0 bridgehead atoms. The van der Waals surface area contributed by atoms with Crippen molar-refractivity contribution in [3.8, 4) is 11.8 Å². The van der Waals surface area contributed by atoms with Crippen LogP contribution >= 0.6 is 0 Å². The summed E-state index contributed by atoms with van der Waals surface area (Å²) in [6, 6.07) is 16.1. The van der Waals surface area contributed by atoms with Crippen LogP contribution in [0.4, 0.5) is 0 Å². The van der Waals surface area contributed by atoms with E-state index in [2.05, 4.69) is 5.32 Å². The highest BCUT2D eigenvalue weighted by Crippen LogP contribution is 2.11. The lowest BCUT2D eigenvalue weighted by atomic mass is 10.1. The van der Waals surface area contributed by atoms with Crippen molar-refractivity contribution in [2.24, 2.45) is 0 Å². The summed E-state index contributed by atoms with van der Waals surface area (Å²) < 4.78 is 5.07. The molecule has 0 unspecified atom stereocenters. The Labute approximate surface area is 117 Å². The lowest BCUT2D eigenvalue weighted by Crippen LogP contribution is -2.22. The monoisotopic (exact) mass is 266 g/mol. The molecule has 0 atom stereocenters.